The Balaban J connectivity index is 1.57. The monoisotopic (exact) mass is 333 g/mol. The average molecular weight is 333 g/mol. The SMILES string of the molecule is Cc1ccc(CNC(=O)CN2C(=O)NC(C)(C3CC3)C2=O)cc1F. The molecule has 1 saturated heterocycles. The fourth-order valence-electron chi connectivity index (χ4n) is 2.94. The van der Waals surface area contributed by atoms with Crippen LogP contribution in [0.15, 0.2) is 18.2 Å². The molecule has 1 unspecified atom stereocenters. The molecular formula is C17H20FN3O3. The number of hydrogen-bond donors (Lipinski definition) is 2. The van der Waals surface area contributed by atoms with Crippen LogP contribution in [-0.4, -0.2) is 34.8 Å². The Morgan fingerprint density at radius 2 is 2.12 bits per heavy atom. The molecule has 7 heteroatoms. The number of aryl methyl sites for hydroxylation is 1. The van der Waals surface area contributed by atoms with Gasteiger partial charge >= 0.3 is 6.03 Å². The van der Waals surface area contributed by atoms with Gasteiger partial charge in [-0.15, -0.1) is 0 Å². The highest BCUT2D eigenvalue weighted by Crippen LogP contribution is 2.42. The second-order valence-corrected chi connectivity index (χ2v) is 6.66. The normalized spacial score (nSPS) is 23.4. The summed E-state index contributed by atoms with van der Waals surface area (Å²) in [5.74, 6) is -1.00. The molecule has 1 aromatic carbocycles. The zero-order chi connectivity index (χ0) is 17.5. The van der Waals surface area contributed by atoms with Gasteiger partial charge in [-0.1, -0.05) is 12.1 Å². The summed E-state index contributed by atoms with van der Waals surface area (Å²) in [6, 6.07) is 4.17. The fourth-order valence-corrected chi connectivity index (χ4v) is 2.94. The maximum absolute atomic E-state index is 13.5. The molecule has 6 nitrogen and oxygen atoms in total. The number of benzene rings is 1. The highest BCUT2D eigenvalue weighted by molar-refractivity contribution is 6.09. The predicted molar refractivity (Wildman–Crippen MR) is 84.4 cm³/mol. The van der Waals surface area contributed by atoms with Crippen molar-refractivity contribution in [2.24, 2.45) is 5.92 Å². The predicted octanol–water partition coefficient (Wildman–Crippen LogP) is 1.47. The molecule has 1 atom stereocenters. The second kappa shape index (κ2) is 5.89. The number of imide groups is 1. The molecule has 0 spiro atoms. The maximum Gasteiger partial charge on any atom is 0.325 e. The van der Waals surface area contributed by atoms with Gasteiger partial charge in [-0.2, -0.15) is 0 Å². The molecule has 24 heavy (non-hydrogen) atoms. The minimum atomic E-state index is -0.891. The van der Waals surface area contributed by atoms with Gasteiger partial charge in [0.15, 0.2) is 0 Å². The molecule has 0 bridgehead atoms. The largest absolute Gasteiger partial charge is 0.350 e. The fraction of sp³-hybridized carbons (Fsp3) is 0.471. The van der Waals surface area contributed by atoms with Crippen LogP contribution in [0.3, 0.4) is 0 Å². The summed E-state index contributed by atoms with van der Waals surface area (Å²) in [6.45, 7) is 3.17. The minimum Gasteiger partial charge on any atom is -0.350 e. The molecule has 4 amide bonds. The van der Waals surface area contributed by atoms with Crippen molar-refractivity contribution in [1.29, 1.82) is 0 Å². The van der Waals surface area contributed by atoms with E-state index in [1.165, 1.54) is 6.07 Å². The Labute approximate surface area is 139 Å². The topological polar surface area (TPSA) is 78.5 Å². The van der Waals surface area contributed by atoms with Crippen LogP contribution in [0.5, 0.6) is 0 Å². The lowest BCUT2D eigenvalue weighted by Crippen LogP contribution is -2.46. The van der Waals surface area contributed by atoms with Crippen LogP contribution in [0, 0.1) is 18.7 Å². The first-order valence-electron chi connectivity index (χ1n) is 7.97. The first-order valence-corrected chi connectivity index (χ1v) is 7.97. The number of rotatable bonds is 5. The zero-order valence-corrected chi connectivity index (χ0v) is 13.7. The lowest BCUT2D eigenvalue weighted by Gasteiger charge is -2.20. The Bertz CT molecular complexity index is 717. The summed E-state index contributed by atoms with van der Waals surface area (Å²) in [5.41, 5.74) is 0.257. The van der Waals surface area contributed by atoms with Gasteiger partial charge in [0.25, 0.3) is 5.91 Å². The summed E-state index contributed by atoms with van der Waals surface area (Å²) >= 11 is 0. The van der Waals surface area contributed by atoms with Gasteiger partial charge < -0.3 is 10.6 Å². The Kier molecular flexibility index (Phi) is 4.03. The molecule has 2 fully saturated rings. The van der Waals surface area contributed by atoms with E-state index in [4.69, 9.17) is 0 Å². The van der Waals surface area contributed by atoms with Gasteiger partial charge in [0, 0.05) is 6.54 Å². The molecule has 1 saturated carbocycles. The van der Waals surface area contributed by atoms with Gasteiger partial charge in [0.2, 0.25) is 5.91 Å². The van der Waals surface area contributed by atoms with Crippen LogP contribution in [0.4, 0.5) is 9.18 Å². The molecule has 0 radical (unpaired) electrons. The number of hydrogen-bond acceptors (Lipinski definition) is 3. The van der Waals surface area contributed by atoms with Crippen LogP contribution in [0.1, 0.15) is 30.9 Å². The number of nitrogens with one attached hydrogen (secondary N) is 2. The van der Waals surface area contributed by atoms with Gasteiger partial charge in [-0.25, -0.2) is 9.18 Å². The second-order valence-electron chi connectivity index (χ2n) is 6.66. The van der Waals surface area contributed by atoms with Gasteiger partial charge in [-0.05, 0) is 49.8 Å². The standard InChI is InChI=1S/C17H20FN3O3/c1-10-3-4-11(7-13(10)18)8-19-14(22)9-21-15(23)17(2,12-5-6-12)20-16(21)24/h3-4,7,12H,5-6,8-9H2,1-2H3,(H,19,22)(H,20,24). The molecule has 128 valence electrons. The van der Waals surface area contributed by atoms with E-state index in [2.05, 4.69) is 10.6 Å². The van der Waals surface area contributed by atoms with Crippen molar-refractivity contribution in [3.63, 3.8) is 0 Å². The lowest BCUT2D eigenvalue weighted by molar-refractivity contribution is -0.135. The highest BCUT2D eigenvalue weighted by Gasteiger charge is 2.56. The number of nitrogens with zero attached hydrogens (tertiary/aromatic N) is 1. The quantitative estimate of drug-likeness (QED) is 0.801. The first-order chi connectivity index (χ1) is 11.3. The molecule has 2 aliphatic rings. The summed E-state index contributed by atoms with van der Waals surface area (Å²) in [6.07, 6.45) is 1.81. The van der Waals surface area contributed by atoms with Gasteiger partial charge in [0.05, 0.1) is 0 Å². The third-order valence-corrected chi connectivity index (χ3v) is 4.72. The van der Waals surface area contributed by atoms with E-state index in [1.54, 1.807) is 26.0 Å². The summed E-state index contributed by atoms with van der Waals surface area (Å²) in [5, 5.41) is 5.30. The van der Waals surface area contributed by atoms with Crippen LogP contribution in [0.2, 0.25) is 0 Å². The van der Waals surface area contributed by atoms with Crippen molar-refractivity contribution in [3.8, 4) is 0 Å². The number of carbonyl (C=O) groups excluding carboxylic acids is 3. The van der Waals surface area contributed by atoms with Crippen molar-refractivity contribution in [2.45, 2.75) is 38.8 Å². The number of halogens is 1. The van der Waals surface area contributed by atoms with Crippen LogP contribution in [0.25, 0.3) is 0 Å². The van der Waals surface area contributed by atoms with Crippen molar-refractivity contribution in [2.75, 3.05) is 6.54 Å². The van der Waals surface area contributed by atoms with E-state index >= 15 is 0 Å². The smallest absolute Gasteiger partial charge is 0.325 e. The first kappa shape index (κ1) is 16.4. The lowest BCUT2D eigenvalue weighted by atomic mass is 9.96. The van der Waals surface area contributed by atoms with E-state index in [0.717, 1.165) is 17.7 Å². The third kappa shape index (κ3) is 2.98. The molecule has 0 aromatic heterocycles. The third-order valence-electron chi connectivity index (χ3n) is 4.72. The summed E-state index contributed by atoms with van der Waals surface area (Å²) in [7, 11) is 0. The number of urea groups is 1. The maximum atomic E-state index is 13.5. The van der Waals surface area contributed by atoms with Crippen LogP contribution in [-0.2, 0) is 16.1 Å². The van der Waals surface area contributed by atoms with E-state index in [9.17, 15) is 18.8 Å². The van der Waals surface area contributed by atoms with Crippen molar-refractivity contribution in [1.82, 2.24) is 15.5 Å². The van der Waals surface area contributed by atoms with E-state index in [1.807, 2.05) is 0 Å². The molecule has 1 aliphatic heterocycles. The number of carbonyl (C=O) groups is 3. The van der Waals surface area contributed by atoms with E-state index in [-0.39, 0.29) is 30.7 Å². The number of amides is 4. The molecule has 1 aliphatic carbocycles. The average Bonchev–Trinajstić information content (AvgIpc) is 3.35. The van der Waals surface area contributed by atoms with Crippen molar-refractivity contribution < 1.29 is 18.8 Å². The Morgan fingerprint density at radius 3 is 2.75 bits per heavy atom. The van der Waals surface area contributed by atoms with Gasteiger partial charge in [-0.3, -0.25) is 14.5 Å². The van der Waals surface area contributed by atoms with Gasteiger partial charge in [0.1, 0.15) is 17.9 Å². The molecular weight excluding hydrogens is 313 g/mol. The Hall–Kier alpha value is -2.44. The van der Waals surface area contributed by atoms with E-state index < -0.39 is 17.5 Å². The summed E-state index contributed by atoms with van der Waals surface area (Å²) < 4.78 is 13.5. The minimum absolute atomic E-state index is 0.138. The summed E-state index contributed by atoms with van der Waals surface area (Å²) in [4.78, 5) is 37.4. The van der Waals surface area contributed by atoms with E-state index in [0.29, 0.717) is 11.1 Å². The molecule has 2 N–H and O–H groups in total. The molecule has 1 heterocycles. The molecule has 3 rings (SSSR count). The molecule has 1 aromatic rings. The Morgan fingerprint density at radius 1 is 1.42 bits per heavy atom. The zero-order valence-electron chi connectivity index (χ0n) is 13.7. The van der Waals surface area contributed by atoms with Crippen LogP contribution < -0.4 is 10.6 Å². The van der Waals surface area contributed by atoms with Crippen LogP contribution >= 0.6 is 0 Å². The van der Waals surface area contributed by atoms with Crippen molar-refractivity contribution >= 4 is 17.8 Å². The highest BCUT2D eigenvalue weighted by atomic mass is 19.1. The van der Waals surface area contributed by atoms with Crippen molar-refractivity contribution in [3.05, 3.63) is 35.1 Å².